The molecule has 0 radical (unpaired) electrons. The maximum Gasteiger partial charge on any atom is 0.408 e. The van der Waals surface area contributed by atoms with E-state index in [1.807, 2.05) is 0 Å². The first-order chi connectivity index (χ1) is 7.00. The van der Waals surface area contributed by atoms with Gasteiger partial charge in [-0.3, -0.25) is 4.79 Å². The van der Waals surface area contributed by atoms with Crippen LogP contribution in [-0.2, 0) is 4.79 Å². The van der Waals surface area contributed by atoms with Gasteiger partial charge in [0.05, 0.1) is 0 Å². The molecule has 1 saturated carbocycles. The van der Waals surface area contributed by atoms with Gasteiger partial charge in [-0.1, -0.05) is 0 Å². The molecule has 86 valence electrons. The van der Waals surface area contributed by atoms with Gasteiger partial charge in [0.25, 0.3) is 0 Å². The van der Waals surface area contributed by atoms with Gasteiger partial charge in [0.15, 0.2) is 0 Å². The van der Waals surface area contributed by atoms with E-state index in [1.165, 1.54) is 0 Å². The van der Waals surface area contributed by atoms with E-state index in [1.54, 1.807) is 0 Å². The van der Waals surface area contributed by atoms with Crippen LogP contribution in [0.25, 0.3) is 0 Å². The molecule has 0 N–H and O–H groups in total. The highest BCUT2D eigenvalue weighted by Crippen LogP contribution is 2.37. The average Bonchev–Trinajstić information content (AvgIpc) is 2.98. The van der Waals surface area contributed by atoms with Crippen molar-refractivity contribution in [2.45, 2.75) is 44.3 Å². The SMILES string of the molecule is O=C(C1CC1)N1CCCCC1C(F)(F)F. The lowest BCUT2D eigenvalue weighted by molar-refractivity contribution is -0.196. The first-order valence-electron chi connectivity index (χ1n) is 5.37. The minimum Gasteiger partial charge on any atom is -0.330 e. The third-order valence-corrected chi connectivity index (χ3v) is 3.09. The van der Waals surface area contributed by atoms with Crippen molar-refractivity contribution >= 4 is 5.91 Å². The van der Waals surface area contributed by atoms with Crippen LogP contribution in [0.15, 0.2) is 0 Å². The Morgan fingerprint density at radius 2 is 1.80 bits per heavy atom. The van der Waals surface area contributed by atoms with Crippen molar-refractivity contribution in [3.05, 3.63) is 0 Å². The van der Waals surface area contributed by atoms with Crippen LogP contribution in [0.5, 0.6) is 0 Å². The Bertz CT molecular complexity index is 260. The van der Waals surface area contributed by atoms with Crippen LogP contribution in [0.1, 0.15) is 32.1 Å². The number of hydrogen-bond acceptors (Lipinski definition) is 1. The smallest absolute Gasteiger partial charge is 0.330 e. The highest BCUT2D eigenvalue weighted by Gasteiger charge is 2.48. The van der Waals surface area contributed by atoms with Gasteiger partial charge in [0, 0.05) is 12.5 Å². The summed E-state index contributed by atoms with van der Waals surface area (Å²) in [6, 6.07) is -1.53. The van der Waals surface area contributed by atoms with Gasteiger partial charge in [-0.25, -0.2) is 0 Å². The molecule has 1 unspecified atom stereocenters. The molecular weight excluding hydrogens is 207 g/mol. The Balaban J connectivity index is 2.08. The lowest BCUT2D eigenvalue weighted by Gasteiger charge is -2.36. The van der Waals surface area contributed by atoms with E-state index in [-0.39, 0.29) is 24.8 Å². The summed E-state index contributed by atoms with van der Waals surface area (Å²) in [6.07, 6.45) is -1.39. The normalized spacial score (nSPS) is 27.9. The van der Waals surface area contributed by atoms with Crippen molar-refractivity contribution in [1.82, 2.24) is 4.90 Å². The van der Waals surface area contributed by atoms with E-state index in [0.29, 0.717) is 12.8 Å². The van der Waals surface area contributed by atoms with Crippen LogP contribution >= 0.6 is 0 Å². The molecule has 0 aromatic rings. The summed E-state index contributed by atoms with van der Waals surface area (Å²) in [5.74, 6) is -0.398. The fourth-order valence-corrected chi connectivity index (χ4v) is 2.10. The molecule has 0 spiro atoms. The number of rotatable bonds is 1. The monoisotopic (exact) mass is 221 g/mol. The lowest BCUT2D eigenvalue weighted by Crippen LogP contribution is -2.51. The van der Waals surface area contributed by atoms with Gasteiger partial charge >= 0.3 is 6.18 Å². The molecule has 2 aliphatic rings. The molecule has 1 aliphatic heterocycles. The summed E-state index contributed by atoms with van der Waals surface area (Å²) >= 11 is 0. The fourth-order valence-electron chi connectivity index (χ4n) is 2.10. The first-order valence-corrected chi connectivity index (χ1v) is 5.37. The van der Waals surface area contributed by atoms with Crippen molar-refractivity contribution < 1.29 is 18.0 Å². The molecular formula is C10H14F3NO. The standard InChI is InChI=1S/C10H14F3NO/c11-10(12,13)8-3-1-2-6-14(8)9(15)7-4-5-7/h7-8H,1-6H2. The zero-order chi connectivity index (χ0) is 11.1. The summed E-state index contributed by atoms with van der Waals surface area (Å²) in [7, 11) is 0. The predicted molar refractivity (Wildman–Crippen MR) is 48.1 cm³/mol. The molecule has 5 heteroatoms. The minimum absolute atomic E-state index is 0.0714. The molecule has 0 bridgehead atoms. The highest BCUT2D eigenvalue weighted by molar-refractivity contribution is 5.81. The zero-order valence-electron chi connectivity index (χ0n) is 8.39. The third kappa shape index (κ3) is 2.26. The van der Waals surface area contributed by atoms with Gasteiger partial charge in [-0.05, 0) is 32.1 Å². The van der Waals surface area contributed by atoms with E-state index >= 15 is 0 Å². The minimum atomic E-state index is -4.26. The molecule has 0 aromatic carbocycles. The maximum atomic E-state index is 12.6. The number of carbonyl (C=O) groups is 1. The number of hydrogen-bond donors (Lipinski definition) is 0. The molecule has 15 heavy (non-hydrogen) atoms. The molecule has 1 heterocycles. The predicted octanol–water partition coefficient (Wildman–Crippen LogP) is 2.34. The van der Waals surface area contributed by atoms with Crippen molar-refractivity contribution in [3.8, 4) is 0 Å². The molecule has 1 atom stereocenters. The van der Waals surface area contributed by atoms with Crippen molar-refractivity contribution in [1.29, 1.82) is 0 Å². The summed E-state index contributed by atoms with van der Waals surface area (Å²) in [6.45, 7) is 0.277. The van der Waals surface area contributed by atoms with E-state index in [9.17, 15) is 18.0 Å². The molecule has 2 rings (SSSR count). The van der Waals surface area contributed by atoms with E-state index in [4.69, 9.17) is 0 Å². The fraction of sp³-hybridized carbons (Fsp3) is 0.900. The number of halogens is 3. The van der Waals surface area contributed by atoms with Crippen molar-refractivity contribution in [2.75, 3.05) is 6.54 Å². The second-order valence-electron chi connectivity index (χ2n) is 4.36. The topological polar surface area (TPSA) is 20.3 Å². The number of carbonyl (C=O) groups excluding carboxylic acids is 1. The van der Waals surface area contributed by atoms with Crippen LogP contribution < -0.4 is 0 Å². The first kappa shape index (κ1) is 10.8. The molecule has 2 nitrogen and oxygen atoms in total. The molecule has 2 fully saturated rings. The highest BCUT2D eigenvalue weighted by atomic mass is 19.4. The van der Waals surface area contributed by atoms with Crippen molar-refractivity contribution in [3.63, 3.8) is 0 Å². The van der Waals surface area contributed by atoms with Crippen LogP contribution in [0.3, 0.4) is 0 Å². The summed E-state index contributed by atoms with van der Waals surface area (Å²) < 4.78 is 37.9. The van der Waals surface area contributed by atoms with Gasteiger partial charge in [-0.2, -0.15) is 13.2 Å². The number of likely N-dealkylation sites (tertiary alicyclic amines) is 1. The van der Waals surface area contributed by atoms with Crippen LogP contribution in [0.2, 0.25) is 0 Å². The Labute approximate surface area is 86.4 Å². The molecule has 0 aromatic heterocycles. The van der Waals surface area contributed by atoms with Gasteiger partial charge in [-0.15, -0.1) is 0 Å². The number of nitrogens with zero attached hydrogens (tertiary/aromatic N) is 1. The molecule has 1 amide bonds. The Morgan fingerprint density at radius 1 is 1.13 bits per heavy atom. The van der Waals surface area contributed by atoms with E-state index in [2.05, 4.69) is 0 Å². The number of amides is 1. The van der Waals surface area contributed by atoms with Crippen molar-refractivity contribution in [2.24, 2.45) is 5.92 Å². The zero-order valence-corrected chi connectivity index (χ0v) is 8.39. The molecule has 1 aliphatic carbocycles. The van der Waals surface area contributed by atoms with Crippen LogP contribution in [0.4, 0.5) is 13.2 Å². The maximum absolute atomic E-state index is 12.6. The van der Waals surface area contributed by atoms with Crippen LogP contribution in [0, 0.1) is 5.92 Å². The lowest BCUT2D eigenvalue weighted by atomic mass is 10.0. The summed E-state index contributed by atoms with van der Waals surface area (Å²) in [4.78, 5) is 12.7. The Morgan fingerprint density at radius 3 is 2.33 bits per heavy atom. The Kier molecular flexibility index (Phi) is 2.64. The second-order valence-corrected chi connectivity index (χ2v) is 4.36. The summed E-state index contributed by atoms with van der Waals surface area (Å²) in [5.41, 5.74) is 0. The third-order valence-electron chi connectivity index (χ3n) is 3.09. The van der Waals surface area contributed by atoms with Gasteiger partial charge < -0.3 is 4.90 Å². The van der Waals surface area contributed by atoms with E-state index < -0.39 is 12.2 Å². The largest absolute Gasteiger partial charge is 0.408 e. The number of alkyl halides is 3. The van der Waals surface area contributed by atoms with Gasteiger partial charge in [0.1, 0.15) is 6.04 Å². The quantitative estimate of drug-likeness (QED) is 0.665. The van der Waals surface area contributed by atoms with Crippen LogP contribution in [-0.4, -0.2) is 29.6 Å². The second kappa shape index (κ2) is 3.68. The number of piperidine rings is 1. The van der Waals surface area contributed by atoms with E-state index in [0.717, 1.165) is 17.7 Å². The van der Waals surface area contributed by atoms with Gasteiger partial charge in [0.2, 0.25) is 5.91 Å². The molecule has 1 saturated heterocycles. The summed E-state index contributed by atoms with van der Waals surface area (Å²) in [5, 5.41) is 0. The Hall–Kier alpha value is -0.740. The average molecular weight is 221 g/mol.